The van der Waals surface area contributed by atoms with E-state index in [1.165, 1.54) is 26.2 Å². The smallest absolute Gasteiger partial charge is 0.322 e. The molecule has 0 aromatic heterocycles. The number of unbranched alkanes of at least 4 members (excludes halogenated alkanes) is 5. The van der Waals surface area contributed by atoms with Crippen molar-refractivity contribution in [2.45, 2.75) is 96.8 Å². The van der Waals surface area contributed by atoms with Crippen molar-refractivity contribution in [3.8, 4) is 0 Å². The molecule has 0 aromatic carbocycles. The quantitative estimate of drug-likeness (QED) is 0.0673. The van der Waals surface area contributed by atoms with E-state index in [1.54, 1.807) is 0 Å². The minimum absolute atomic E-state index is 0.0480. The van der Waals surface area contributed by atoms with E-state index in [0.717, 1.165) is 38.5 Å². The molecule has 1 N–H and O–H groups in total. The molecule has 0 heterocycles. The zero-order valence-electron chi connectivity index (χ0n) is 20.8. The van der Waals surface area contributed by atoms with Gasteiger partial charge in [-0.15, -0.1) is 4.33 Å². The Morgan fingerprint density at radius 1 is 0.818 bits per heavy atom. The molecule has 10 heteroatoms. The van der Waals surface area contributed by atoms with Gasteiger partial charge in [-0.05, 0) is 19.3 Å². The van der Waals surface area contributed by atoms with Gasteiger partial charge < -0.3 is 18.9 Å². The van der Waals surface area contributed by atoms with E-state index in [-0.39, 0.29) is 25.9 Å². The summed E-state index contributed by atoms with van der Waals surface area (Å²) >= 11 is 0.483. The van der Waals surface area contributed by atoms with Crippen molar-refractivity contribution in [2.75, 3.05) is 33.0 Å². The van der Waals surface area contributed by atoms with Crippen molar-refractivity contribution in [3.63, 3.8) is 0 Å². The Balaban J connectivity index is 4.29. The summed E-state index contributed by atoms with van der Waals surface area (Å²) in [5.74, 6) is -2.17. The molecule has 0 saturated carbocycles. The first kappa shape index (κ1) is 32.1. The Kier molecular flexibility index (Phi) is 22.2. The van der Waals surface area contributed by atoms with Gasteiger partial charge in [0.15, 0.2) is 0 Å². The fourth-order valence-corrected chi connectivity index (χ4v) is 3.57. The lowest BCUT2D eigenvalue weighted by atomic mass is 10.1. The monoisotopic (exact) mass is 496 g/mol. The largest absolute Gasteiger partial charge is 0.463 e. The molecule has 3 atom stereocenters. The van der Waals surface area contributed by atoms with Crippen LogP contribution in [0.25, 0.3) is 0 Å². The van der Waals surface area contributed by atoms with Gasteiger partial charge in [0.1, 0.15) is 18.5 Å². The molecule has 0 saturated heterocycles. The van der Waals surface area contributed by atoms with Crippen LogP contribution in [-0.4, -0.2) is 61.6 Å². The van der Waals surface area contributed by atoms with E-state index < -0.39 is 23.1 Å². The molecule has 0 aromatic rings. The van der Waals surface area contributed by atoms with Crippen LogP contribution in [0.5, 0.6) is 0 Å². The summed E-state index contributed by atoms with van der Waals surface area (Å²) in [6, 6.07) is 0. The topological polar surface area (TPSA) is 110 Å². The molecule has 0 aliphatic heterocycles. The lowest BCUT2D eigenvalue weighted by molar-refractivity contribution is -0.432. The molecule has 0 rings (SSSR count). The fourth-order valence-electron chi connectivity index (χ4n) is 3.03. The minimum atomic E-state index is -1.08. The normalized spacial score (nSPS) is 14.0. The summed E-state index contributed by atoms with van der Waals surface area (Å²) in [5, 5.41) is 10.9. The van der Waals surface area contributed by atoms with Crippen molar-refractivity contribution in [3.05, 3.63) is 0 Å². The standard InChI is InChI=1S/C23H44O9S/c1-5-8-10-11-12-14-27-15-16-29-22(24)19(4)21(33-32-31-26)23(25)30-18-17-28-20(7-3)13-9-6-2/h19-21,26H,5-18H2,1-4H3. The molecule has 0 fully saturated rings. The third-order valence-electron chi connectivity index (χ3n) is 5.11. The highest BCUT2D eigenvalue weighted by Gasteiger charge is 2.35. The maximum absolute atomic E-state index is 12.5. The molecule has 0 aliphatic carbocycles. The van der Waals surface area contributed by atoms with Crippen molar-refractivity contribution in [2.24, 2.45) is 5.92 Å². The molecule has 0 bridgehead atoms. The summed E-state index contributed by atoms with van der Waals surface area (Å²) < 4.78 is 26.0. The third kappa shape index (κ3) is 17.2. The third-order valence-corrected chi connectivity index (χ3v) is 6.06. The first-order valence-corrected chi connectivity index (χ1v) is 13.0. The maximum Gasteiger partial charge on any atom is 0.322 e. The van der Waals surface area contributed by atoms with E-state index >= 15 is 0 Å². The van der Waals surface area contributed by atoms with Crippen molar-refractivity contribution >= 4 is 24.0 Å². The van der Waals surface area contributed by atoms with Gasteiger partial charge in [-0.2, -0.15) is 0 Å². The zero-order chi connectivity index (χ0) is 24.7. The zero-order valence-corrected chi connectivity index (χ0v) is 21.6. The Morgan fingerprint density at radius 3 is 2.15 bits per heavy atom. The van der Waals surface area contributed by atoms with Crippen LogP contribution in [0.4, 0.5) is 0 Å². The SMILES string of the molecule is CCCCCCCOCCOC(=O)C(C)C(SOOO)C(=O)OCCOC(CC)CCCC. The second-order valence-electron chi connectivity index (χ2n) is 7.85. The molecule has 0 spiro atoms. The Hall–Kier alpha value is -0.910. The predicted octanol–water partition coefficient (Wildman–Crippen LogP) is 5.12. The summed E-state index contributed by atoms with van der Waals surface area (Å²) in [6.07, 6.45) is 9.90. The molecular formula is C23H44O9S. The number of carbonyl (C=O) groups excluding carboxylic acids is 2. The van der Waals surface area contributed by atoms with Crippen molar-refractivity contribution < 1.29 is 43.2 Å². The predicted molar refractivity (Wildman–Crippen MR) is 126 cm³/mol. The fraction of sp³-hybridized carbons (Fsp3) is 0.913. The van der Waals surface area contributed by atoms with E-state index in [4.69, 9.17) is 24.2 Å². The molecule has 33 heavy (non-hydrogen) atoms. The number of hydrogen-bond donors (Lipinski definition) is 1. The minimum Gasteiger partial charge on any atom is -0.463 e. The van der Waals surface area contributed by atoms with Crippen LogP contribution < -0.4 is 0 Å². The highest BCUT2D eigenvalue weighted by atomic mass is 32.2. The Labute approximate surface area is 203 Å². The van der Waals surface area contributed by atoms with Crippen LogP contribution in [0.2, 0.25) is 0 Å². The van der Waals surface area contributed by atoms with Gasteiger partial charge in [-0.3, -0.25) is 9.59 Å². The molecule has 3 unspecified atom stereocenters. The Morgan fingerprint density at radius 2 is 1.48 bits per heavy atom. The van der Waals surface area contributed by atoms with Crippen LogP contribution in [0, 0.1) is 5.92 Å². The second kappa shape index (κ2) is 22.9. The first-order valence-electron chi connectivity index (χ1n) is 12.2. The highest BCUT2D eigenvalue weighted by molar-refractivity contribution is 7.96. The van der Waals surface area contributed by atoms with E-state index in [9.17, 15) is 9.59 Å². The first-order chi connectivity index (χ1) is 16.0. The number of esters is 2. The summed E-state index contributed by atoms with van der Waals surface area (Å²) in [5.41, 5.74) is 0. The molecular weight excluding hydrogens is 452 g/mol. The summed E-state index contributed by atoms with van der Waals surface area (Å²) in [7, 11) is 0. The number of ether oxygens (including phenoxy) is 4. The van der Waals surface area contributed by atoms with Gasteiger partial charge in [0.05, 0.1) is 37.3 Å². The summed E-state index contributed by atoms with van der Waals surface area (Å²) in [6.45, 7) is 9.18. The maximum atomic E-state index is 12.5. The van der Waals surface area contributed by atoms with E-state index in [2.05, 4.69) is 30.1 Å². The van der Waals surface area contributed by atoms with Gasteiger partial charge in [-0.25, -0.2) is 5.26 Å². The van der Waals surface area contributed by atoms with Crippen LogP contribution in [-0.2, 0) is 37.9 Å². The molecule has 0 radical (unpaired) electrons. The van der Waals surface area contributed by atoms with E-state index in [0.29, 0.717) is 25.3 Å². The van der Waals surface area contributed by atoms with Gasteiger partial charge >= 0.3 is 11.9 Å². The van der Waals surface area contributed by atoms with Gasteiger partial charge in [0, 0.05) is 6.61 Å². The van der Waals surface area contributed by atoms with Crippen LogP contribution >= 0.6 is 12.0 Å². The van der Waals surface area contributed by atoms with Crippen LogP contribution in [0.1, 0.15) is 85.5 Å². The Bertz CT molecular complexity index is 479. The van der Waals surface area contributed by atoms with Crippen LogP contribution in [0.15, 0.2) is 0 Å². The summed E-state index contributed by atoms with van der Waals surface area (Å²) in [4.78, 5) is 24.8. The number of hydrogen-bond acceptors (Lipinski definition) is 10. The lowest BCUT2D eigenvalue weighted by Crippen LogP contribution is -2.34. The molecule has 0 aliphatic rings. The molecule has 196 valence electrons. The van der Waals surface area contributed by atoms with Gasteiger partial charge in [0.2, 0.25) is 0 Å². The van der Waals surface area contributed by atoms with Crippen molar-refractivity contribution in [1.82, 2.24) is 0 Å². The van der Waals surface area contributed by atoms with Gasteiger partial charge in [0.25, 0.3) is 0 Å². The highest BCUT2D eigenvalue weighted by Crippen LogP contribution is 2.23. The van der Waals surface area contributed by atoms with Crippen LogP contribution in [0.3, 0.4) is 0 Å². The van der Waals surface area contributed by atoms with E-state index in [1.807, 2.05) is 0 Å². The number of rotatable bonds is 23. The molecule has 9 nitrogen and oxygen atoms in total. The lowest BCUT2D eigenvalue weighted by Gasteiger charge is -2.20. The average Bonchev–Trinajstić information content (AvgIpc) is 2.82. The second-order valence-corrected chi connectivity index (χ2v) is 8.69. The average molecular weight is 497 g/mol. The van der Waals surface area contributed by atoms with Gasteiger partial charge in [-0.1, -0.05) is 71.3 Å². The molecule has 0 amide bonds. The number of carbonyl (C=O) groups is 2. The van der Waals surface area contributed by atoms with Crippen molar-refractivity contribution in [1.29, 1.82) is 0 Å².